The fraction of sp³-hybridized carbons (Fsp3) is 0.360. The maximum Gasteiger partial charge on any atom is 0.199 e. The first kappa shape index (κ1) is 21.4. The number of hydrogen-bond acceptors (Lipinski definition) is 4. The number of rotatable bonds is 3. The predicted molar refractivity (Wildman–Crippen MR) is 127 cm³/mol. The summed E-state index contributed by atoms with van der Waals surface area (Å²) in [5.74, 6) is -0.444. The fourth-order valence-corrected chi connectivity index (χ4v) is 5.03. The van der Waals surface area contributed by atoms with Crippen LogP contribution >= 0.6 is 0 Å². The zero-order valence-corrected chi connectivity index (χ0v) is 18.9. The molecule has 0 radical (unpaired) electrons. The minimum Gasteiger partial charge on any atom is -0.366 e. The van der Waals surface area contributed by atoms with E-state index in [1.54, 1.807) is 24.3 Å². The molecule has 33 heavy (non-hydrogen) atoms. The molecular formula is C25H25F2N5O. The normalized spacial score (nSPS) is 15.2. The Balaban J connectivity index is 1.92. The van der Waals surface area contributed by atoms with Crippen molar-refractivity contribution in [3.8, 4) is 6.07 Å². The minimum atomic E-state index is -0.444. The summed E-state index contributed by atoms with van der Waals surface area (Å²) in [5.41, 5.74) is 2.90. The van der Waals surface area contributed by atoms with Gasteiger partial charge >= 0.3 is 0 Å². The van der Waals surface area contributed by atoms with Gasteiger partial charge in [-0.15, -0.1) is 9.60 Å². The number of H-pyrrole nitrogens is 1. The summed E-state index contributed by atoms with van der Waals surface area (Å²) in [7, 11) is 0. The number of aryl methyl sites for hydroxylation is 1. The number of halogens is 2. The van der Waals surface area contributed by atoms with Crippen LogP contribution < -0.4 is 10.3 Å². The summed E-state index contributed by atoms with van der Waals surface area (Å²) < 4.78 is 31.8. The topological polar surface area (TPSA) is 68.1 Å². The molecule has 1 N–H and O–H groups in total. The number of nitriles is 1. The molecule has 0 atom stereocenters. The molecule has 1 aliphatic heterocycles. The maximum atomic E-state index is 16.3. The van der Waals surface area contributed by atoms with Gasteiger partial charge in [0.05, 0.1) is 28.2 Å². The minimum absolute atomic E-state index is 0.142. The summed E-state index contributed by atoms with van der Waals surface area (Å²) in [6, 6.07) is 8.94. The van der Waals surface area contributed by atoms with Gasteiger partial charge in [0.25, 0.3) is 0 Å². The molecule has 1 fully saturated rings. The van der Waals surface area contributed by atoms with Gasteiger partial charge in [-0.25, -0.2) is 4.39 Å². The van der Waals surface area contributed by atoms with Crippen molar-refractivity contribution in [2.75, 3.05) is 31.1 Å². The lowest BCUT2D eigenvalue weighted by Crippen LogP contribution is -2.43. The van der Waals surface area contributed by atoms with Crippen LogP contribution in [0.1, 0.15) is 37.9 Å². The van der Waals surface area contributed by atoms with E-state index in [-0.39, 0.29) is 30.1 Å². The van der Waals surface area contributed by atoms with Gasteiger partial charge < -0.3 is 14.5 Å². The highest BCUT2D eigenvalue weighted by Gasteiger charge is 2.27. The molecule has 0 unspecified atom stereocenters. The molecule has 170 valence electrons. The van der Waals surface area contributed by atoms with E-state index < -0.39 is 5.82 Å². The van der Waals surface area contributed by atoms with Crippen molar-refractivity contribution in [3.63, 3.8) is 0 Å². The molecule has 1 saturated heterocycles. The van der Waals surface area contributed by atoms with Gasteiger partial charge in [-0.1, -0.05) is 13.0 Å². The van der Waals surface area contributed by atoms with Crippen LogP contribution in [0.2, 0.25) is 0 Å². The first-order valence-corrected chi connectivity index (χ1v) is 11.3. The monoisotopic (exact) mass is 449 g/mol. The molecule has 0 amide bonds. The van der Waals surface area contributed by atoms with Crippen molar-refractivity contribution in [2.45, 2.75) is 33.2 Å². The molecule has 0 saturated carbocycles. The SMILES string of the molecule is CCc1cc2c(=O)c3c4ccc(C#N)cc4[nH]c3n(C(C)C)c2c(F)c1N1CCN(F)CC1. The first-order valence-electron chi connectivity index (χ1n) is 11.3. The second-order valence-corrected chi connectivity index (χ2v) is 8.86. The fourth-order valence-electron chi connectivity index (χ4n) is 5.03. The third kappa shape index (κ3) is 3.18. The number of anilines is 1. The Kier molecular flexibility index (Phi) is 5.09. The van der Waals surface area contributed by atoms with Crippen molar-refractivity contribution >= 4 is 38.5 Å². The third-order valence-electron chi connectivity index (χ3n) is 6.59. The molecule has 3 heterocycles. The molecule has 2 aromatic heterocycles. The average Bonchev–Trinajstić information content (AvgIpc) is 3.18. The summed E-state index contributed by atoms with van der Waals surface area (Å²) in [6.07, 6.45) is 0.552. The van der Waals surface area contributed by atoms with E-state index in [2.05, 4.69) is 11.1 Å². The van der Waals surface area contributed by atoms with Crippen LogP contribution in [-0.4, -0.2) is 40.9 Å². The van der Waals surface area contributed by atoms with Crippen molar-refractivity contribution in [1.82, 2.24) is 14.7 Å². The van der Waals surface area contributed by atoms with Gasteiger partial charge in [-0.3, -0.25) is 4.79 Å². The molecular weight excluding hydrogens is 424 g/mol. The number of hydrogen-bond donors (Lipinski definition) is 1. The standard InChI is InChI=1S/C25H25F2N5O/c1-4-16-12-18-23(21(26)22(16)30-7-9-31(27)10-8-30)32(14(2)3)25-20(24(18)33)17-6-5-15(13-28)11-19(17)29-25/h5-6,11-12,14,29H,4,7-10H2,1-3H3. The lowest BCUT2D eigenvalue weighted by molar-refractivity contribution is 0.0199. The smallest absolute Gasteiger partial charge is 0.199 e. The Hall–Kier alpha value is -3.44. The number of aromatic amines is 1. The van der Waals surface area contributed by atoms with Gasteiger partial charge in [0.1, 0.15) is 5.65 Å². The largest absolute Gasteiger partial charge is 0.366 e. The summed E-state index contributed by atoms with van der Waals surface area (Å²) in [4.78, 5) is 18.9. The summed E-state index contributed by atoms with van der Waals surface area (Å²) >= 11 is 0. The molecule has 0 aliphatic carbocycles. The predicted octanol–water partition coefficient (Wildman–Crippen LogP) is 4.80. The van der Waals surface area contributed by atoms with Crippen molar-refractivity contribution in [2.24, 2.45) is 0 Å². The average molecular weight is 450 g/mol. The highest BCUT2D eigenvalue weighted by atomic mass is 19.2. The Morgan fingerprint density at radius 1 is 1.15 bits per heavy atom. The second-order valence-electron chi connectivity index (χ2n) is 8.86. The van der Waals surface area contributed by atoms with Gasteiger partial charge in [-0.2, -0.15) is 5.26 Å². The van der Waals surface area contributed by atoms with Crippen molar-refractivity contribution in [1.29, 1.82) is 5.26 Å². The lowest BCUT2D eigenvalue weighted by Gasteiger charge is -2.34. The number of fused-ring (bicyclic) bond motifs is 4. The lowest BCUT2D eigenvalue weighted by atomic mass is 10.0. The third-order valence-corrected chi connectivity index (χ3v) is 6.59. The van der Waals surface area contributed by atoms with Gasteiger partial charge in [0.2, 0.25) is 0 Å². The highest BCUT2D eigenvalue weighted by molar-refractivity contribution is 6.10. The number of benzene rings is 2. The number of aromatic nitrogens is 2. The van der Waals surface area contributed by atoms with E-state index >= 15 is 4.39 Å². The van der Waals surface area contributed by atoms with E-state index in [4.69, 9.17) is 0 Å². The molecule has 2 aromatic carbocycles. The van der Waals surface area contributed by atoms with Crippen LogP contribution in [0.4, 0.5) is 14.6 Å². The second kappa shape index (κ2) is 7.85. The Labute approximate surface area is 189 Å². The van der Waals surface area contributed by atoms with Crippen LogP contribution in [0, 0.1) is 17.1 Å². The molecule has 8 heteroatoms. The van der Waals surface area contributed by atoms with Crippen molar-refractivity contribution < 1.29 is 8.87 Å². The Morgan fingerprint density at radius 2 is 1.88 bits per heavy atom. The molecule has 6 nitrogen and oxygen atoms in total. The molecule has 1 aliphatic rings. The maximum absolute atomic E-state index is 16.3. The molecule has 5 rings (SSSR count). The first-order chi connectivity index (χ1) is 15.8. The van der Waals surface area contributed by atoms with Gasteiger partial charge in [0, 0.05) is 48.5 Å². The van der Waals surface area contributed by atoms with Crippen LogP contribution in [0.5, 0.6) is 0 Å². The molecule has 4 aromatic rings. The zero-order chi connectivity index (χ0) is 23.4. The Bertz CT molecular complexity index is 1500. The molecule has 0 bridgehead atoms. The number of piperazine rings is 1. The zero-order valence-electron chi connectivity index (χ0n) is 18.9. The van der Waals surface area contributed by atoms with Crippen molar-refractivity contribution in [3.05, 3.63) is 51.4 Å². The van der Waals surface area contributed by atoms with Crippen LogP contribution in [-0.2, 0) is 6.42 Å². The van der Waals surface area contributed by atoms with Crippen LogP contribution in [0.15, 0.2) is 29.1 Å². The highest BCUT2D eigenvalue weighted by Crippen LogP contribution is 2.36. The van der Waals surface area contributed by atoms with Crippen LogP contribution in [0.25, 0.3) is 32.8 Å². The van der Waals surface area contributed by atoms with Gasteiger partial charge in [-0.05, 0) is 44.0 Å². The number of nitrogens with zero attached hydrogens (tertiary/aromatic N) is 4. The van der Waals surface area contributed by atoms with E-state index in [0.717, 1.165) is 10.7 Å². The van der Waals surface area contributed by atoms with Gasteiger partial charge in [0.15, 0.2) is 11.2 Å². The Morgan fingerprint density at radius 3 is 2.52 bits per heavy atom. The quantitative estimate of drug-likeness (QED) is 0.457. The van der Waals surface area contributed by atoms with E-state index in [1.807, 2.05) is 30.2 Å². The van der Waals surface area contributed by atoms with E-state index in [1.165, 1.54) is 0 Å². The number of pyridine rings is 1. The summed E-state index contributed by atoms with van der Waals surface area (Å²) in [5, 5.41) is 11.6. The number of nitrogens with one attached hydrogen (secondary N) is 1. The van der Waals surface area contributed by atoms with Crippen LogP contribution in [0.3, 0.4) is 0 Å². The summed E-state index contributed by atoms with van der Waals surface area (Å²) in [6.45, 7) is 7.01. The van der Waals surface area contributed by atoms with E-state index in [9.17, 15) is 14.5 Å². The molecule has 0 spiro atoms. The van der Waals surface area contributed by atoms with E-state index in [0.29, 0.717) is 58.1 Å².